The summed E-state index contributed by atoms with van der Waals surface area (Å²) in [7, 11) is 0. The number of hydrogen-bond donors (Lipinski definition) is 1. The Hall–Kier alpha value is -1.49. The van der Waals surface area contributed by atoms with Gasteiger partial charge in [-0.2, -0.15) is 0 Å². The van der Waals surface area contributed by atoms with E-state index in [9.17, 15) is 13.6 Å². The Bertz CT molecular complexity index is 371. The first-order valence-corrected chi connectivity index (χ1v) is 3.93. The second kappa shape index (κ2) is 3.02. The Morgan fingerprint density at radius 1 is 1.36 bits per heavy atom. The second-order valence-electron chi connectivity index (χ2n) is 2.95. The Morgan fingerprint density at radius 3 is 2.36 bits per heavy atom. The van der Waals surface area contributed by atoms with Gasteiger partial charge in [-0.1, -0.05) is 6.07 Å². The number of carbonyl (C=O) groups is 1. The van der Waals surface area contributed by atoms with Crippen molar-refractivity contribution in [2.75, 3.05) is 0 Å². The maximum atomic E-state index is 13.1. The molecule has 0 aromatic heterocycles. The zero-order chi connectivity index (χ0) is 10.3. The fourth-order valence-corrected chi connectivity index (χ4v) is 1.30. The van der Waals surface area contributed by atoms with Gasteiger partial charge < -0.3 is 9.84 Å². The molecule has 0 unspecified atom stereocenters. The molecule has 2 atom stereocenters. The van der Waals surface area contributed by atoms with Crippen molar-refractivity contribution in [2.45, 2.75) is 12.2 Å². The van der Waals surface area contributed by atoms with E-state index >= 15 is 0 Å². The van der Waals surface area contributed by atoms with Gasteiger partial charge in [0.25, 0.3) is 0 Å². The number of ether oxygens (including phenoxy) is 1. The van der Waals surface area contributed by atoms with E-state index in [1.807, 2.05) is 0 Å². The molecular weight excluding hydrogens is 194 g/mol. The van der Waals surface area contributed by atoms with Crippen LogP contribution in [0.5, 0.6) is 0 Å². The molecule has 0 saturated carbocycles. The van der Waals surface area contributed by atoms with Gasteiger partial charge in [0.05, 0.1) is 5.56 Å². The Morgan fingerprint density at radius 2 is 1.93 bits per heavy atom. The monoisotopic (exact) mass is 200 g/mol. The molecule has 0 bridgehead atoms. The van der Waals surface area contributed by atoms with Crippen molar-refractivity contribution in [2.24, 2.45) is 0 Å². The first-order chi connectivity index (χ1) is 6.61. The average Bonchev–Trinajstić information content (AvgIpc) is 2.83. The van der Waals surface area contributed by atoms with Gasteiger partial charge in [0.15, 0.2) is 6.10 Å². The molecule has 3 nitrogen and oxygen atoms in total. The summed E-state index contributed by atoms with van der Waals surface area (Å²) in [6.45, 7) is 0. The van der Waals surface area contributed by atoms with Gasteiger partial charge >= 0.3 is 5.97 Å². The first-order valence-electron chi connectivity index (χ1n) is 3.93. The lowest BCUT2D eigenvalue weighted by Gasteiger charge is -1.99. The molecule has 1 saturated heterocycles. The third-order valence-electron chi connectivity index (χ3n) is 2.02. The summed E-state index contributed by atoms with van der Waals surface area (Å²) in [5.41, 5.74) is -0.306. The van der Waals surface area contributed by atoms with Crippen molar-refractivity contribution >= 4 is 5.97 Å². The van der Waals surface area contributed by atoms with E-state index in [4.69, 9.17) is 5.11 Å². The van der Waals surface area contributed by atoms with Crippen molar-refractivity contribution in [3.05, 3.63) is 35.4 Å². The van der Waals surface area contributed by atoms with Crippen LogP contribution in [-0.2, 0) is 9.53 Å². The van der Waals surface area contributed by atoms with Crippen molar-refractivity contribution in [3.8, 4) is 0 Å². The maximum Gasteiger partial charge on any atom is 0.335 e. The second-order valence-corrected chi connectivity index (χ2v) is 2.95. The molecule has 1 heterocycles. The lowest BCUT2D eigenvalue weighted by Crippen LogP contribution is -2.06. The number of epoxide rings is 1. The van der Waals surface area contributed by atoms with E-state index in [1.54, 1.807) is 0 Å². The largest absolute Gasteiger partial charge is 0.479 e. The van der Waals surface area contributed by atoms with Crippen LogP contribution in [0.2, 0.25) is 0 Å². The molecule has 5 heteroatoms. The molecule has 1 aliphatic heterocycles. The predicted molar refractivity (Wildman–Crippen MR) is 41.6 cm³/mol. The highest BCUT2D eigenvalue weighted by molar-refractivity contribution is 5.76. The van der Waals surface area contributed by atoms with Crippen LogP contribution in [0.25, 0.3) is 0 Å². The van der Waals surface area contributed by atoms with Crippen molar-refractivity contribution in [3.63, 3.8) is 0 Å². The van der Waals surface area contributed by atoms with Crippen LogP contribution in [0.4, 0.5) is 8.78 Å². The van der Waals surface area contributed by atoms with Gasteiger partial charge in [0, 0.05) is 0 Å². The summed E-state index contributed by atoms with van der Waals surface area (Å²) >= 11 is 0. The summed E-state index contributed by atoms with van der Waals surface area (Å²) in [4.78, 5) is 10.4. The van der Waals surface area contributed by atoms with Crippen molar-refractivity contribution in [1.29, 1.82) is 0 Å². The van der Waals surface area contributed by atoms with E-state index in [-0.39, 0.29) is 5.56 Å². The Labute approximate surface area is 77.9 Å². The van der Waals surface area contributed by atoms with E-state index < -0.39 is 29.8 Å². The lowest BCUT2D eigenvalue weighted by atomic mass is 10.1. The lowest BCUT2D eigenvalue weighted by molar-refractivity contribution is -0.138. The summed E-state index contributed by atoms with van der Waals surface area (Å²) in [5.74, 6) is -2.77. The normalized spacial score (nSPS) is 24.7. The molecule has 0 radical (unpaired) electrons. The minimum atomic E-state index is -1.21. The zero-order valence-electron chi connectivity index (χ0n) is 6.91. The minimum absolute atomic E-state index is 0.306. The van der Waals surface area contributed by atoms with Crippen LogP contribution >= 0.6 is 0 Å². The van der Waals surface area contributed by atoms with Crippen LogP contribution in [0.15, 0.2) is 18.2 Å². The maximum absolute atomic E-state index is 13.1. The molecule has 1 aromatic rings. The molecule has 74 valence electrons. The number of rotatable bonds is 2. The highest BCUT2D eigenvalue weighted by Crippen LogP contribution is 2.41. The summed E-state index contributed by atoms with van der Waals surface area (Å²) < 4.78 is 30.8. The quantitative estimate of drug-likeness (QED) is 0.736. The van der Waals surface area contributed by atoms with Gasteiger partial charge in [-0.25, -0.2) is 13.6 Å². The molecule has 1 aromatic carbocycles. The summed E-state index contributed by atoms with van der Waals surface area (Å²) in [5, 5.41) is 8.50. The van der Waals surface area contributed by atoms with Crippen molar-refractivity contribution < 1.29 is 23.4 Å². The number of benzene rings is 1. The van der Waals surface area contributed by atoms with Crippen LogP contribution in [0.3, 0.4) is 0 Å². The fraction of sp³-hybridized carbons (Fsp3) is 0.222. The van der Waals surface area contributed by atoms with E-state index in [0.717, 1.165) is 12.1 Å². The minimum Gasteiger partial charge on any atom is -0.479 e. The summed E-state index contributed by atoms with van der Waals surface area (Å²) in [6.07, 6.45) is -2.12. The Balaban J connectivity index is 2.31. The highest BCUT2D eigenvalue weighted by Gasteiger charge is 2.49. The molecule has 0 spiro atoms. The zero-order valence-corrected chi connectivity index (χ0v) is 6.91. The number of carboxylic acid groups (broad SMARTS) is 1. The van der Waals surface area contributed by atoms with Gasteiger partial charge in [0.1, 0.15) is 17.7 Å². The topological polar surface area (TPSA) is 49.8 Å². The molecular formula is C9H6F2O3. The SMILES string of the molecule is O=C(O)[C@@H]1O[C@H]1c1c(F)cccc1F. The molecule has 14 heavy (non-hydrogen) atoms. The smallest absolute Gasteiger partial charge is 0.335 e. The van der Waals surface area contributed by atoms with Crippen molar-refractivity contribution in [1.82, 2.24) is 0 Å². The fourth-order valence-electron chi connectivity index (χ4n) is 1.30. The summed E-state index contributed by atoms with van der Waals surface area (Å²) in [6, 6.07) is 3.35. The Kier molecular flexibility index (Phi) is 1.96. The molecule has 1 fully saturated rings. The average molecular weight is 200 g/mol. The number of aliphatic carboxylic acids is 1. The van der Waals surface area contributed by atoms with Gasteiger partial charge in [-0.3, -0.25) is 0 Å². The third-order valence-corrected chi connectivity index (χ3v) is 2.02. The molecule has 0 amide bonds. The van der Waals surface area contributed by atoms with E-state index in [2.05, 4.69) is 4.74 Å². The van der Waals surface area contributed by atoms with Gasteiger partial charge in [-0.15, -0.1) is 0 Å². The molecule has 0 aliphatic carbocycles. The number of hydrogen-bond acceptors (Lipinski definition) is 2. The van der Waals surface area contributed by atoms with Crippen LogP contribution in [0, 0.1) is 11.6 Å². The molecule has 1 N–H and O–H groups in total. The first kappa shape index (κ1) is 9.08. The standard InChI is InChI=1S/C9H6F2O3/c10-4-2-1-3-5(11)6(4)7-8(14-7)9(12)13/h1-3,7-8H,(H,12,13)/t7-,8+/m0/s1. The predicted octanol–water partition coefficient (Wildman–Crippen LogP) is 1.49. The number of carboxylic acids is 1. The van der Waals surface area contributed by atoms with E-state index in [1.165, 1.54) is 6.07 Å². The molecule has 2 rings (SSSR count). The number of halogens is 2. The van der Waals surface area contributed by atoms with Crippen LogP contribution in [-0.4, -0.2) is 17.2 Å². The molecule has 1 aliphatic rings. The third kappa shape index (κ3) is 1.35. The van der Waals surface area contributed by atoms with Crippen LogP contribution < -0.4 is 0 Å². The highest BCUT2D eigenvalue weighted by atomic mass is 19.1. The van der Waals surface area contributed by atoms with Crippen LogP contribution in [0.1, 0.15) is 11.7 Å². The van der Waals surface area contributed by atoms with Gasteiger partial charge in [-0.05, 0) is 12.1 Å². The van der Waals surface area contributed by atoms with E-state index in [0.29, 0.717) is 0 Å². The van der Waals surface area contributed by atoms with Gasteiger partial charge in [0.2, 0.25) is 0 Å².